The fourth-order valence-corrected chi connectivity index (χ4v) is 0.927. The highest BCUT2D eigenvalue weighted by Gasteiger charge is 2.14. The third kappa shape index (κ3) is 1.91. The van der Waals surface area contributed by atoms with Crippen LogP contribution in [0.4, 0.5) is 4.39 Å². The summed E-state index contributed by atoms with van der Waals surface area (Å²) in [4.78, 5) is 13.9. The van der Waals surface area contributed by atoms with Crippen LogP contribution >= 0.6 is 0 Å². The summed E-state index contributed by atoms with van der Waals surface area (Å²) in [6.07, 6.45) is -0.462. The zero-order valence-electron chi connectivity index (χ0n) is 6.90. The lowest BCUT2D eigenvalue weighted by Crippen LogP contribution is -2.05. The van der Waals surface area contributed by atoms with Crippen molar-refractivity contribution in [1.29, 1.82) is 0 Å². The highest BCUT2D eigenvalue weighted by Crippen LogP contribution is 2.31. The Kier molecular flexibility index (Phi) is 2.88. The minimum Gasteiger partial charge on any atom is -0.504 e. The van der Waals surface area contributed by atoms with Crippen molar-refractivity contribution in [1.82, 2.24) is 0 Å². The molecule has 76 valence electrons. The van der Waals surface area contributed by atoms with E-state index in [0.29, 0.717) is 0 Å². The van der Waals surface area contributed by atoms with Crippen molar-refractivity contribution in [2.24, 2.45) is 0 Å². The second-order valence-corrected chi connectivity index (χ2v) is 2.54. The van der Waals surface area contributed by atoms with E-state index in [4.69, 9.17) is 15.5 Å². The summed E-state index contributed by atoms with van der Waals surface area (Å²) in [6.45, 7) is 0. The van der Waals surface area contributed by atoms with Gasteiger partial charge in [0.1, 0.15) is 0 Å². The lowest BCUT2D eigenvalue weighted by molar-refractivity contribution is -0.233. The summed E-state index contributed by atoms with van der Waals surface area (Å²) in [6, 6.07) is 1.98. The molecule has 0 radical (unpaired) electrons. The van der Waals surface area contributed by atoms with Crippen molar-refractivity contribution < 1.29 is 29.5 Å². The minimum atomic E-state index is -1.02. The van der Waals surface area contributed by atoms with Gasteiger partial charge in [0.05, 0.1) is 6.42 Å². The second-order valence-electron chi connectivity index (χ2n) is 2.54. The van der Waals surface area contributed by atoms with E-state index in [1.54, 1.807) is 0 Å². The molecule has 0 bridgehead atoms. The summed E-state index contributed by atoms with van der Waals surface area (Å²) in [5, 5.41) is 26.0. The molecular formula is C8H7FO5. The highest BCUT2D eigenvalue weighted by atomic mass is 19.1. The van der Waals surface area contributed by atoms with E-state index in [9.17, 15) is 9.18 Å². The number of carbonyl (C=O) groups is 1. The van der Waals surface area contributed by atoms with Gasteiger partial charge < -0.3 is 15.1 Å². The van der Waals surface area contributed by atoms with Crippen LogP contribution < -0.4 is 0 Å². The first-order chi connectivity index (χ1) is 6.56. The van der Waals surface area contributed by atoms with Gasteiger partial charge in [-0.3, -0.25) is 0 Å². The Hall–Kier alpha value is -1.82. The number of carbonyl (C=O) groups excluding carboxylic acids is 1. The van der Waals surface area contributed by atoms with Crippen LogP contribution in [0.2, 0.25) is 0 Å². The molecule has 1 aromatic rings. The van der Waals surface area contributed by atoms with Crippen LogP contribution in [-0.2, 0) is 16.1 Å². The first-order valence-electron chi connectivity index (χ1n) is 3.59. The lowest BCUT2D eigenvalue weighted by Gasteiger charge is -2.04. The van der Waals surface area contributed by atoms with Crippen molar-refractivity contribution in [3.8, 4) is 11.5 Å². The molecule has 0 saturated carbocycles. The molecule has 0 saturated heterocycles. The smallest absolute Gasteiger partial charge is 0.346 e. The molecule has 0 spiro atoms. The van der Waals surface area contributed by atoms with Crippen molar-refractivity contribution in [3.63, 3.8) is 0 Å². The predicted molar refractivity (Wildman–Crippen MR) is 42.2 cm³/mol. The average molecular weight is 202 g/mol. The quantitative estimate of drug-likeness (QED) is 0.375. The van der Waals surface area contributed by atoms with E-state index in [1.807, 2.05) is 0 Å². The maximum atomic E-state index is 12.6. The summed E-state index contributed by atoms with van der Waals surface area (Å²) in [5.74, 6) is -3.70. The highest BCUT2D eigenvalue weighted by molar-refractivity contribution is 5.73. The topological polar surface area (TPSA) is 87.0 Å². The molecule has 0 aliphatic heterocycles. The Bertz CT molecular complexity index is 363. The molecule has 5 nitrogen and oxygen atoms in total. The molecule has 0 amide bonds. The summed E-state index contributed by atoms with van der Waals surface area (Å²) < 4.78 is 12.6. The van der Waals surface area contributed by atoms with Crippen LogP contribution in [0.25, 0.3) is 0 Å². The number of hydrogen-bond acceptors (Lipinski definition) is 5. The molecule has 0 unspecified atom stereocenters. The molecule has 1 rings (SSSR count). The molecule has 0 fully saturated rings. The van der Waals surface area contributed by atoms with Gasteiger partial charge >= 0.3 is 5.97 Å². The molecule has 6 heteroatoms. The molecule has 14 heavy (non-hydrogen) atoms. The number of hydrogen-bond donors (Lipinski definition) is 3. The van der Waals surface area contributed by atoms with Gasteiger partial charge in [-0.15, -0.1) is 0 Å². The number of phenols is 2. The normalized spacial score (nSPS) is 9.86. The summed E-state index contributed by atoms with van der Waals surface area (Å²) >= 11 is 0. The standard InChI is InChI=1S/C8H7FO5/c9-5-2-1-4(3-6(10)14-13)7(11)8(5)12/h1-2,11-13H,3H2. The van der Waals surface area contributed by atoms with Gasteiger partial charge in [0.15, 0.2) is 17.3 Å². The monoisotopic (exact) mass is 202 g/mol. The Morgan fingerprint density at radius 1 is 1.36 bits per heavy atom. The number of phenolic OH excluding ortho intramolecular Hbond substituents is 2. The Morgan fingerprint density at radius 2 is 2.00 bits per heavy atom. The van der Waals surface area contributed by atoms with Gasteiger partial charge in [-0.25, -0.2) is 9.18 Å². The maximum Gasteiger partial charge on any atom is 0.346 e. The van der Waals surface area contributed by atoms with E-state index >= 15 is 0 Å². The van der Waals surface area contributed by atoms with Crippen molar-refractivity contribution in [3.05, 3.63) is 23.5 Å². The minimum absolute atomic E-state index is 0.0389. The number of benzene rings is 1. The van der Waals surface area contributed by atoms with Crippen molar-refractivity contribution >= 4 is 5.97 Å². The van der Waals surface area contributed by atoms with E-state index in [2.05, 4.69) is 4.89 Å². The molecule has 0 aliphatic carbocycles. The van der Waals surface area contributed by atoms with Crippen molar-refractivity contribution in [2.75, 3.05) is 0 Å². The Balaban J connectivity index is 3.00. The van der Waals surface area contributed by atoms with Crippen molar-refractivity contribution in [2.45, 2.75) is 6.42 Å². The third-order valence-corrected chi connectivity index (χ3v) is 1.62. The first kappa shape index (κ1) is 10.3. The van der Waals surface area contributed by atoms with Gasteiger partial charge in [-0.05, 0) is 6.07 Å². The van der Waals surface area contributed by atoms with Crippen LogP contribution in [0.5, 0.6) is 11.5 Å². The molecule has 0 aliphatic rings. The predicted octanol–water partition coefficient (Wildman–Crippen LogP) is 0.796. The van der Waals surface area contributed by atoms with Gasteiger partial charge in [-0.2, -0.15) is 5.26 Å². The maximum absolute atomic E-state index is 12.6. The Labute approximate surface area is 77.9 Å². The van der Waals surface area contributed by atoms with Gasteiger partial charge in [-0.1, -0.05) is 6.07 Å². The van der Waals surface area contributed by atoms with Crippen LogP contribution in [0.1, 0.15) is 5.56 Å². The fraction of sp³-hybridized carbons (Fsp3) is 0.125. The number of rotatable bonds is 2. The van der Waals surface area contributed by atoms with E-state index < -0.39 is 29.7 Å². The van der Waals surface area contributed by atoms with E-state index in [0.717, 1.165) is 12.1 Å². The second kappa shape index (κ2) is 3.93. The van der Waals surface area contributed by atoms with Crippen LogP contribution in [-0.4, -0.2) is 21.4 Å². The summed E-state index contributed by atoms with van der Waals surface area (Å²) in [5.41, 5.74) is -0.0389. The zero-order chi connectivity index (χ0) is 10.7. The number of halogens is 1. The molecule has 0 aromatic heterocycles. The number of aromatic hydroxyl groups is 2. The molecular weight excluding hydrogens is 195 g/mol. The largest absolute Gasteiger partial charge is 0.504 e. The first-order valence-corrected chi connectivity index (χ1v) is 3.59. The lowest BCUT2D eigenvalue weighted by atomic mass is 10.1. The van der Waals surface area contributed by atoms with Gasteiger partial charge in [0, 0.05) is 5.56 Å². The Morgan fingerprint density at radius 3 is 2.57 bits per heavy atom. The molecule has 3 N–H and O–H groups in total. The SMILES string of the molecule is O=C(Cc1ccc(F)c(O)c1O)OO. The van der Waals surface area contributed by atoms with Crippen LogP contribution in [0.15, 0.2) is 12.1 Å². The average Bonchev–Trinajstić information content (AvgIpc) is 2.19. The molecule has 0 heterocycles. The van der Waals surface area contributed by atoms with E-state index in [1.165, 1.54) is 0 Å². The van der Waals surface area contributed by atoms with E-state index in [-0.39, 0.29) is 5.56 Å². The summed E-state index contributed by atoms with van der Waals surface area (Å²) in [7, 11) is 0. The van der Waals surface area contributed by atoms with Crippen LogP contribution in [0, 0.1) is 5.82 Å². The fourth-order valence-electron chi connectivity index (χ4n) is 0.927. The molecule has 0 atom stereocenters. The molecule has 1 aromatic carbocycles. The zero-order valence-corrected chi connectivity index (χ0v) is 6.90. The van der Waals surface area contributed by atoms with Gasteiger partial charge in [0.25, 0.3) is 0 Å². The van der Waals surface area contributed by atoms with Crippen LogP contribution in [0.3, 0.4) is 0 Å². The van der Waals surface area contributed by atoms with Gasteiger partial charge in [0.2, 0.25) is 0 Å². The third-order valence-electron chi connectivity index (χ3n) is 1.62.